The fourth-order valence-corrected chi connectivity index (χ4v) is 7.50. The molecule has 190 valence electrons. The number of hydrogen-bond acceptors (Lipinski definition) is 4. The van der Waals surface area contributed by atoms with Crippen LogP contribution in [0.2, 0.25) is 0 Å². The molecule has 6 aromatic rings. The van der Waals surface area contributed by atoms with Gasteiger partial charge in [0.2, 0.25) is 11.0 Å². The van der Waals surface area contributed by atoms with Crippen molar-refractivity contribution in [3.05, 3.63) is 84.9 Å². The molecule has 0 spiro atoms. The number of phenolic OH excluding ortho intramolecular Hbond substituents is 2. The number of H-pyrrole nitrogens is 2. The molecule has 0 atom stereocenters. The van der Waals surface area contributed by atoms with E-state index < -0.39 is 0 Å². The number of unbranched alkanes of at least 4 members (excludes halogenated alkanes) is 3. The SMILES string of the molecule is Oc1cccc2c(SCCCCCCSc3c4ccccc4[nH+]c4c(O)cccc34)c3ccccc3[nH+]c12. The predicted molar refractivity (Wildman–Crippen MR) is 159 cm³/mol. The second kappa shape index (κ2) is 11.1. The predicted octanol–water partition coefficient (Wildman–Crippen LogP) is 7.78. The highest BCUT2D eigenvalue weighted by Crippen LogP contribution is 2.37. The summed E-state index contributed by atoms with van der Waals surface area (Å²) < 4.78 is 0. The van der Waals surface area contributed by atoms with Gasteiger partial charge in [-0.05, 0) is 60.7 Å². The van der Waals surface area contributed by atoms with E-state index in [0.29, 0.717) is 11.5 Å². The van der Waals surface area contributed by atoms with Crippen LogP contribution in [0.4, 0.5) is 0 Å². The third-order valence-electron chi connectivity index (χ3n) is 6.97. The van der Waals surface area contributed by atoms with Gasteiger partial charge in [-0.1, -0.05) is 49.2 Å². The zero-order valence-electron chi connectivity index (χ0n) is 21.0. The van der Waals surface area contributed by atoms with E-state index in [2.05, 4.69) is 58.5 Å². The smallest absolute Gasteiger partial charge is 0.254 e. The van der Waals surface area contributed by atoms with Gasteiger partial charge in [0.1, 0.15) is 0 Å². The zero-order valence-corrected chi connectivity index (χ0v) is 22.7. The van der Waals surface area contributed by atoms with Crippen LogP contribution in [0.3, 0.4) is 0 Å². The van der Waals surface area contributed by atoms with Crippen LogP contribution in [0.15, 0.2) is 94.7 Å². The summed E-state index contributed by atoms with van der Waals surface area (Å²) in [5.74, 6) is 2.68. The largest absolute Gasteiger partial charge is 0.502 e. The molecule has 0 saturated carbocycles. The molecule has 2 heterocycles. The zero-order chi connectivity index (χ0) is 25.9. The number of fused-ring (bicyclic) bond motifs is 4. The van der Waals surface area contributed by atoms with Crippen LogP contribution in [-0.2, 0) is 0 Å². The van der Waals surface area contributed by atoms with E-state index in [1.165, 1.54) is 33.4 Å². The molecule has 0 aliphatic heterocycles. The minimum Gasteiger partial charge on any atom is -0.502 e. The molecule has 0 aliphatic rings. The second-order valence-corrected chi connectivity index (χ2v) is 11.7. The van der Waals surface area contributed by atoms with E-state index in [-0.39, 0.29) is 0 Å². The van der Waals surface area contributed by atoms with Gasteiger partial charge in [-0.25, -0.2) is 9.97 Å². The Morgan fingerprint density at radius 3 is 1.37 bits per heavy atom. The minimum atomic E-state index is 0.291. The maximum absolute atomic E-state index is 10.4. The fourth-order valence-electron chi connectivity index (χ4n) is 5.08. The minimum absolute atomic E-state index is 0.291. The summed E-state index contributed by atoms with van der Waals surface area (Å²) in [7, 11) is 0. The number of phenols is 2. The maximum Gasteiger partial charge on any atom is 0.254 e. The van der Waals surface area contributed by atoms with Crippen molar-refractivity contribution in [1.29, 1.82) is 0 Å². The molecule has 38 heavy (non-hydrogen) atoms. The molecule has 4 nitrogen and oxygen atoms in total. The Morgan fingerprint density at radius 2 is 0.895 bits per heavy atom. The summed E-state index contributed by atoms with van der Waals surface area (Å²) in [6, 6.07) is 28.1. The number of benzene rings is 4. The normalized spacial score (nSPS) is 11.7. The molecule has 6 rings (SSSR count). The quantitative estimate of drug-likeness (QED) is 0.112. The third-order valence-corrected chi connectivity index (χ3v) is 9.41. The van der Waals surface area contributed by atoms with Crippen molar-refractivity contribution >= 4 is 67.1 Å². The highest BCUT2D eigenvalue weighted by molar-refractivity contribution is 8.00. The first kappa shape index (κ1) is 24.8. The van der Waals surface area contributed by atoms with Gasteiger partial charge in [0.15, 0.2) is 11.5 Å². The Labute approximate surface area is 230 Å². The van der Waals surface area contributed by atoms with Gasteiger partial charge >= 0.3 is 0 Å². The van der Waals surface area contributed by atoms with Crippen LogP contribution in [-0.4, -0.2) is 21.7 Å². The summed E-state index contributed by atoms with van der Waals surface area (Å²) >= 11 is 3.78. The summed E-state index contributed by atoms with van der Waals surface area (Å²) in [5, 5.41) is 25.4. The average molecular weight is 539 g/mol. The van der Waals surface area contributed by atoms with E-state index in [0.717, 1.165) is 57.2 Å². The molecule has 0 radical (unpaired) electrons. The van der Waals surface area contributed by atoms with Crippen LogP contribution in [0.1, 0.15) is 25.7 Å². The Bertz CT molecular complexity index is 1640. The van der Waals surface area contributed by atoms with Crippen molar-refractivity contribution in [3.63, 3.8) is 0 Å². The van der Waals surface area contributed by atoms with Crippen molar-refractivity contribution in [1.82, 2.24) is 0 Å². The molecule has 0 aliphatic carbocycles. The Morgan fingerprint density at radius 1 is 0.474 bits per heavy atom. The number of para-hydroxylation sites is 4. The number of hydrogen-bond donors (Lipinski definition) is 2. The molecule has 0 unspecified atom stereocenters. The van der Waals surface area contributed by atoms with Gasteiger partial charge in [-0.15, -0.1) is 23.5 Å². The van der Waals surface area contributed by atoms with Crippen LogP contribution in [0, 0.1) is 0 Å². The van der Waals surface area contributed by atoms with Gasteiger partial charge in [0, 0.05) is 21.9 Å². The Hall–Kier alpha value is -3.48. The van der Waals surface area contributed by atoms with Crippen LogP contribution in [0.25, 0.3) is 43.6 Å². The highest BCUT2D eigenvalue weighted by Gasteiger charge is 2.18. The highest BCUT2D eigenvalue weighted by atomic mass is 32.2. The first-order valence-electron chi connectivity index (χ1n) is 13.1. The van der Waals surface area contributed by atoms with Gasteiger partial charge < -0.3 is 10.2 Å². The molecule has 0 amide bonds. The molecule has 0 fully saturated rings. The number of rotatable bonds is 9. The second-order valence-electron chi connectivity index (χ2n) is 9.51. The van der Waals surface area contributed by atoms with E-state index in [1.54, 1.807) is 12.1 Å². The van der Waals surface area contributed by atoms with Gasteiger partial charge in [-0.3, -0.25) is 0 Å². The van der Waals surface area contributed by atoms with Crippen molar-refractivity contribution in [2.75, 3.05) is 11.5 Å². The van der Waals surface area contributed by atoms with Gasteiger partial charge in [0.25, 0.3) is 11.0 Å². The molecular formula is C32H30N2O2S2+2. The lowest BCUT2D eigenvalue weighted by molar-refractivity contribution is -0.311. The standard InChI is InChI=1S/C32H28N2O2S2/c35-27-17-9-13-23-29(27)33-25-15-5-3-11-21(25)31(23)37-19-7-1-2-8-20-38-32-22-12-4-6-16-26(22)34-30-24(32)14-10-18-28(30)36/h3-6,9-18,35-36H,1-2,7-8,19-20H2/p+2. The topological polar surface area (TPSA) is 68.7 Å². The summed E-state index contributed by atoms with van der Waals surface area (Å²) in [5.41, 5.74) is 3.70. The van der Waals surface area contributed by atoms with Gasteiger partial charge in [-0.2, -0.15) is 0 Å². The van der Waals surface area contributed by atoms with Crippen molar-refractivity contribution in [3.8, 4) is 11.5 Å². The lowest BCUT2D eigenvalue weighted by Gasteiger charge is -2.09. The number of aromatic hydroxyl groups is 2. The van der Waals surface area contributed by atoms with Crippen LogP contribution in [0.5, 0.6) is 11.5 Å². The number of nitrogens with one attached hydrogen (secondary N) is 2. The lowest BCUT2D eigenvalue weighted by atomic mass is 10.1. The molecule has 0 bridgehead atoms. The van der Waals surface area contributed by atoms with Gasteiger partial charge in [0.05, 0.1) is 21.5 Å². The average Bonchev–Trinajstić information content (AvgIpc) is 2.94. The van der Waals surface area contributed by atoms with Crippen molar-refractivity contribution in [2.45, 2.75) is 35.5 Å². The molecule has 6 heteroatoms. The first-order valence-corrected chi connectivity index (χ1v) is 15.0. The molecule has 4 N–H and O–H groups in total. The maximum atomic E-state index is 10.4. The lowest BCUT2D eigenvalue weighted by Crippen LogP contribution is -2.06. The molecular weight excluding hydrogens is 508 g/mol. The van der Waals surface area contributed by atoms with E-state index >= 15 is 0 Å². The van der Waals surface area contributed by atoms with Crippen LogP contribution >= 0.6 is 23.5 Å². The Balaban J connectivity index is 1.07. The van der Waals surface area contributed by atoms with Crippen LogP contribution < -0.4 is 9.97 Å². The number of thioether (sulfide) groups is 2. The number of aromatic nitrogens is 2. The van der Waals surface area contributed by atoms with E-state index in [4.69, 9.17) is 0 Å². The molecule has 4 aromatic carbocycles. The number of pyridine rings is 2. The third kappa shape index (κ3) is 4.86. The number of aromatic amines is 2. The summed E-state index contributed by atoms with van der Waals surface area (Å²) in [6.45, 7) is 0. The monoisotopic (exact) mass is 538 g/mol. The molecule has 2 aromatic heterocycles. The van der Waals surface area contributed by atoms with Crippen molar-refractivity contribution < 1.29 is 20.2 Å². The molecule has 0 saturated heterocycles. The summed E-state index contributed by atoms with van der Waals surface area (Å²) in [4.78, 5) is 9.28. The van der Waals surface area contributed by atoms with Crippen molar-refractivity contribution in [2.24, 2.45) is 0 Å². The first-order chi connectivity index (χ1) is 18.7. The fraction of sp³-hybridized carbons (Fsp3) is 0.188. The van der Waals surface area contributed by atoms with E-state index in [9.17, 15) is 10.2 Å². The van der Waals surface area contributed by atoms with E-state index in [1.807, 2.05) is 47.8 Å². The summed E-state index contributed by atoms with van der Waals surface area (Å²) in [6.07, 6.45) is 4.70. The Kier molecular flexibility index (Phi) is 7.25.